The van der Waals surface area contributed by atoms with Gasteiger partial charge in [0.2, 0.25) is 0 Å². The van der Waals surface area contributed by atoms with Crippen molar-refractivity contribution in [2.24, 2.45) is 0 Å². The Bertz CT molecular complexity index is 789. The Morgan fingerprint density at radius 3 is 2.63 bits per heavy atom. The van der Waals surface area contributed by atoms with Crippen LogP contribution in [0.3, 0.4) is 0 Å². The van der Waals surface area contributed by atoms with Crippen LogP contribution < -0.4 is 0 Å². The number of fused-ring (bicyclic) bond motifs is 1. The Balaban J connectivity index is 1.99. The van der Waals surface area contributed by atoms with E-state index in [1.54, 1.807) is 0 Å². The van der Waals surface area contributed by atoms with Crippen molar-refractivity contribution >= 4 is 28.5 Å². The van der Waals surface area contributed by atoms with Gasteiger partial charge in [-0.05, 0) is 6.92 Å². The van der Waals surface area contributed by atoms with Gasteiger partial charge < -0.3 is 18.9 Å². The second-order valence-electron chi connectivity index (χ2n) is 6.93. The normalized spacial score (nSPS) is 37.6. The highest BCUT2D eigenvalue weighted by atomic mass is 32.2. The third-order valence-corrected chi connectivity index (χ3v) is 6.85. The summed E-state index contributed by atoms with van der Waals surface area (Å²) in [6, 6.07) is 0. The number of hydrogen-bond acceptors (Lipinski definition) is 10. The van der Waals surface area contributed by atoms with Gasteiger partial charge in [-0.2, -0.15) is 8.42 Å². The summed E-state index contributed by atoms with van der Waals surface area (Å²) in [5, 5.41) is -1.06. The summed E-state index contributed by atoms with van der Waals surface area (Å²) in [7, 11) is -4.02. The van der Waals surface area contributed by atoms with E-state index in [9.17, 15) is 22.8 Å². The van der Waals surface area contributed by atoms with E-state index in [1.807, 2.05) is 0 Å². The molecule has 0 aliphatic carbocycles. The first-order valence-electron chi connectivity index (χ1n) is 8.25. The van der Waals surface area contributed by atoms with Crippen molar-refractivity contribution in [3.63, 3.8) is 0 Å². The van der Waals surface area contributed by atoms with Gasteiger partial charge in [0, 0.05) is 25.3 Å². The van der Waals surface area contributed by atoms with Gasteiger partial charge >= 0.3 is 11.9 Å². The molecular weight excluding hydrogens is 384 g/mol. The van der Waals surface area contributed by atoms with Gasteiger partial charge in [-0.1, -0.05) is 6.58 Å². The predicted molar refractivity (Wildman–Crippen MR) is 86.7 cm³/mol. The highest BCUT2D eigenvalue weighted by Crippen LogP contribution is 2.61. The highest BCUT2D eigenvalue weighted by Gasteiger charge is 2.81. The minimum absolute atomic E-state index is 0.0171. The topological polar surface area (TPSA) is 132 Å². The molecule has 2 bridgehead atoms. The largest absolute Gasteiger partial charge is 0.468 e. The van der Waals surface area contributed by atoms with Gasteiger partial charge in [0.1, 0.15) is 29.2 Å². The quantitative estimate of drug-likeness (QED) is 0.132. The van der Waals surface area contributed by atoms with E-state index < -0.39 is 50.7 Å². The van der Waals surface area contributed by atoms with Crippen molar-refractivity contribution in [1.29, 1.82) is 0 Å². The van der Waals surface area contributed by atoms with Gasteiger partial charge in [-0.15, -0.1) is 0 Å². The van der Waals surface area contributed by atoms with Crippen molar-refractivity contribution in [3.05, 3.63) is 12.2 Å². The molecule has 0 amide bonds. The fourth-order valence-corrected chi connectivity index (χ4v) is 5.97. The van der Waals surface area contributed by atoms with Gasteiger partial charge in [0.05, 0.1) is 6.61 Å². The van der Waals surface area contributed by atoms with Crippen LogP contribution in [0.1, 0.15) is 26.7 Å². The molecule has 150 valence electrons. The van der Waals surface area contributed by atoms with Crippen LogP contribution in [0.15, 0.2) is 12.2 Å². The zero-order valence-electron chi connectivity index (χ0n) is 14.8. The Labute approximate surface area is 155 Å². The number of ether oxygens (including phenoxy) is 4. The van der Waals surface area contributed by atoms with Gasteiger partial charge in [0.25, 0.3) is 16.6 Å². The standard InChI is InChI=1S/C16H20O10S/c1-9(2)14(19)24-12-13-16(4-5-22-8-17)11(27(20,21)25-13)6-15(12,26-16)7-23-10(3)18/h8,11-13H,1,4-7H2,2-3H3. The third kappa shape index (κ3) is 3.03. The third-order valence-electron chi connectivity index (χ3n) is 5.11. The molecule has 0 radical (unpaired) electrons. The summed E-state index contributed by atoms with van der Waals surface area (Å²) < 4.78 is 51.5. The highest BCUT2D eigenvalue weighted by molar-refractivity contribution is 7.87. The molecule has 0 aromatic heterocycles. The summed E-state index contributed by atoms with van der Waals surface area (Å²) in [5.41, 5.74) is -2.64. The first-order chi connectivity index (χ1) is 12.6. The molecule has 0 spiro atoms. The lowest BCUT2D eigenvalue weighted by Gasteiger charge is -2.33. The van der Waals surface area contributed by atoms with Crippen LogP contribution in [0.5, 0.6) is 0 Å². The van der Waals surface area contributed by atoms with Gasteiger partial charge in [-0.25, -0.2) is 4.79 Å². The molecule has 0 aromatic rings. The van der Waals surface area contributed by atoms with Crippen LogP contribution >= 0.6 is 0 Å². The molecule has 5 atom stereocenters. The Morgan fingerprint density at radius 2 is 2.04 bits per heavy atom. The summed E-state index contributed by atoms with van der Waals surface area (Å²) >= 11 is 0. The van der Waals surface area contributed by atoms with Crippen LogP contribution in [-0.2, 0) is 47.6 Å². The average Bonchev–Trinajstić information content (AvgIpc) is 3.08. The van der Waals surface area contributed by atoms with Crippen LogP contribution in [-0.4, -0.2) is 68.7 Å². The van der Waals surface area contributed by atoms with E-state index in [-0.39, 0.29) is 38.1 Å². The Kier molecular flexibility index (Phi) is 4.81. The molecule has 10 nitrogen and oxygen atoms in total. The maximum absolute atomic E-state index is 12.5. The van der Waals surface area contributed by atoms with Gasteiger partial charge in [-0.3, -0.25) is 13.8 Å². The number of carbonyl (C=O) groups excluding carboxylic acids is 3. The molecule has 5 unspecified atom stereocenters. The smallest absolute Gasteiger partial charge is 0.333 e. The van der Waals surface area contributed by atoms with E-state index in [0.717, 1.165) is 0 Å². The summed E-state index contributed by atoms with van der Waals surface area (Å²) in [6.45, 7) is 5.97. The van der Waals surface area contributed by atoms with E-state index >= 15 is 0 Å². The SMILES string of the molecule is C=C(C)C(=O)OC1C2OS(=O)(=O)C3CC1(COC(C)=O)OC23CCOC=O. The zero-order chi connectivity index (χ0) is 20.0. The molecule has 0 N–H and O–H groups in total. The van der Waals surface area contributed by atoms with Crippen LogP contribution in [0.4, 0.5) is 0 Å². The molecule has 3 heterocycles. The molecule has 3 aliphatic heterocycles. The molecule has 3 saturated heterocycles. The van der Waals surface area contributed by atoms with Crippen LogP contribution in [0, 0.1) is 0 Å². The number of hydrogen-bond donors (Lipinski definition) is 0. The van der Waals surface area contributed by atoms with Crippen molar-refractivity contribution in [3.8, 4) is 0 Å². The van der Waals surface area contributed by atoms with Crippen molar-refractivity contribution in [1.82, 2.24) is 0 Å². The van der Waals surface area contributed by atoms with Crippen LogP contribution in [0.2, 0.25) is 0 Å². The minimum atomic E-state index is -4.02. The van der Waals surface area contributed by atoms with Crippen molar-refractivity contribution < 1.29 is 45.9 Å². The first kappa shape index (κ1) is 19.8. The van der Waals surface area contributed by atoms with Crippen molar-refractivity contribution in [2.75, 3.05) is 13.2 Å². The molecule has 3 aliphatic rings. The van der Waals surface area contributed by atoms with Crippen molar-refractivity contribution in [2.45, 2.75) is 55.3 Å². The lowest BCUT2D eigenvalue weighted by molar-refractivity contribution is -0.169. The number of rotatable bonds is 8. The summed E-state index contributed by atoms with van der Waals surface area (Å²) in [6.07, 6.45) is -2.35. The van der Waals surface area contributed by atoms with E-state index in [0.29, 0.717) is 0 Å². The molecule has 0 saturated carbocycles. The Morgan fingerprint density at radius 1 is 1.33 bits per heavy atom. The second kappa shape index (κ2) is 6.57. The van der Waals surface area contributed by atoms with Gasteiger partial charge in [0.15, 0.2) is 6.10 Å². The lowest BCUT2D eigenvalue weighted by Crippen LogP contribution is -2.55. The zero-order valence-corrected chi connectivity index (χ0v) is 15.7. The monoisotopic (exact) mass is 404 g/mol. The molecule has 11 heteroatoms. The summed E-state index contributed by atoms with van der Waals surface area (Å²) in [5.74, 6) is -1.34. The maximum Gasteiger partial charge on any atom is 0.333 e. The molecule has 3 rings (SSSR count). The van der Waals surface area contributed by atoms with E-state index in [4.69, 9.17) is 23.1 Å². The molecular formula is C16H20O10S. The second-order valence-corrected chi connectivity index (χ2v) is 8.67. The minimum Gasteiger partial charge on any atom is -0.468 e. The fourth-order valence-electron chi connectivity index (χ4n) is 4.01. The first-order valence-corrected chi connectivity index (χ1v) is 9.72. The number of carbonyl (C=O) groups is 3. The van der Waals surface area contributed by atoms with Crippen LogP contribution in [0.25, 0.3) is 0 Å². The maximum atomic E-state index is 12.5. The van der Waals surface area contributed by atoms with E-state index in [2.05, 4.69) is 6.58 Å². The lowest BCUT2D eigenvalue weighted by atomic mass is 9.76. The Hall–Kier alpha value is -1.98. The number of esters is 2. The summed E-state index contributed by atoms with van der Waals surface area (Å²) in [4.78, 5) is 33.9. The predicted octanol–water partition coefficient (Wildman–Crippen LogP) is -0.391. The van der Waals surface area contributed by atoms with E-state index in [1.165, 1.54) is 13.8 Å². The molecule has 27 heavy (non-hydrogen) atoms. The molecule has 0 aromatic carbocycles. The average molecular weight is 404 g/mol. The fraction of sp³-hybridized carbons (Fsp3) is 0.688. The molecule has 3 fully saturated rings.